The minimum absolute atomic E-state index is 0.224. The van der Waals surface area contributed by atoms with Crippen molar-refractivity contribution in [3.63, 3.8) is 0 Å². The van der Waals surface area contributed by atoms with Gasteiger partial charge in [-0.1, -0.05) is 0 Å². The Kier molecular flexibility index (Phi) is 2.89. The Balaban J connectivity index is 2.99. The van der Waals surface area contributed by atoms with Crippen molar-refractivity contribution < 1.29 is 0 Å². The first-order valence-electron chi connectivity index (χ1n) is 4.32. The summed E-state index contributed by atoms with van der Waals surface area (Å²) in [4.78, 5) is 9.96. The summed E-state index contributed by atoms with van der Waals surface area (Å²) in [5.41, 5.74) is 11.0. The maximum absolute atomic E-state index is 5.55. The van der Waals surface area contributed by atoms with Crippen molar-refractivity contribution in [3.05, 3.63) is 6.07 Å². The molecule has 13 heavy (non-hydrogen) atoms. The van der Waals surface area contributed by atoms with Gasteiger partial charge in [-0.25, -0.2) is 0 Å². The lowest BCUT2D eigenvalue weighted by atomic mass is 10.4. The van der Waals surface area contributed by atoms with Crippen LogP contribution in [0.4, 0.5) is 17.6 Å². The van der Waals surface area contributed by atoms with Gasteiger partial charge in [0.15, 0.2) is 0 Å². The van der Waals surface area contributed by atoms with Crippen LogP contribution in [0.3, 0.4) is 0 Å². The smallest absolute Gasteiger partial charge is 0.223 e. The molecule has 0 aliphatic heterocycles. The van der Waals surface area contributed by atoms with Gasteiger partial charge in [-0.2, -0.15) is 9.97 Å². The highest BCUT2D eigenvalue weighted by molar-refractivity contribution is 5.50. The second-order valence-electron chi connectivity index (χ2n) is 2.68. The topological polar surface area (TPSA) is 81.1 Å². The molecule has 72 valence electrons. The van der Waals surface area contributed by atoms with E-state index >= 15 is 0 Å². The summed E-state index contributed by atoms with van der Waals surface area (Å²) >= 11 is 0. The fourth-order valence-electron chi connectivity index (χ4n) is 1.18. The molecule has 1 heterocycles. The number of hydrogen-bond acceptors (Lipinski definition) is 5. The third-order valence-electron chi connectivity index (χ3n) is 1.84. The maximum atomic E-state index is 5.55. The van der Waals surface area contributed by atoms with E-state index in [1.165, 1.54) is 0 Å². The molecule has 1 aromatic rings. The second-order valence-corrected chi connectivity index (χ2v) is 2.68. The summed E-state index contributed by atoms with van der Waals surface area (Å²) in [6, 6.07) is 1.73. The second kappa shape index (κ2) is 3.93. The molecule has 4 N–H and O–H groups in total. The first kappa shape index (κ1) is 9.57. The largest absolute Gasteiger partial charge is 0.383 e. The van der Waals surface area contributed by atoms with Crippen molar-refractivity contribution >= 4 is 17.6 Å². The van der Waals surface area contributed by atoms with Crippen LogP contribution in [0.25, 0.3) is 0 Å². The quantitative estimate of drug-likeness (QED) is 0.709. The zero-order chi connectivity index (χ0) is 9.84. The standard InChI is InChI=1S/C8H15N5/c1-3-13(4-2)7-5-6(9)11-8(10)12-7/h5H,3-4H2,1-2H3,(H4,9,10,11,12). The number of hydrogen-bond donors (Lipinski definition) is 2. The number of nitrogen functional groups attached to an aromatic ring is 2. The van der Waals surface area contributed by atoms with Crippen molar-refractivity contribution in [1.82, 2.24) is 9.97 Å². The molecule has 0 aliphatic rings. The predicted octanol–water partition coefficient (Wildman–Crippen LogP) is 0.487. The lowest BCUT2D eigenvalue weighted by molar-refractivity contribution is 0.844. The molecule has 0 bridgehead atoms. The number of aromatic nitrogens is 2. The van der Waals surface area contributed by atoms with Gasteiger partial charge in [-0.3, -0.25) is 0 Å². The van der Waals surface area contributed by atoms with Gasteiger partial charge in [0.1, 0.15) is 11.6 Å². The minimum Gasteiger partial charge on any atom is -0.383 e. The molecule has 1 rings (SSSR count). The molecule has 0 fully saturated rings. The molecule has 0 radical (unpaired) electrons. The van der Waals surface area contributed by atoms with E-state index in [0.717, 1.165) is 18.9 Å². The summed E-state index contributed by atoms with van der Waals surface area (Å²) < 4.78 is 0. The van der Waals surface area contributed by atoms with E-state index in [4.69, 9.17) is 11.5 Å². The Labute approximate surface area is 77.8 Å². The van der Waals surface area contributed by atoms with Crippen LogP contribution in [0.15, 0.2) is 6.07 Å². The first-order chi connectivity index (χ1) is 6.17. The fraction of sp³-hybridized carbons (Fsp3) is 0.500. The molecular weight excluding hydrogens is 166 g/mol. The van der Waals surface area contributed by atoms with Gasteiger partial charge < -0.3 is 16.4 Å². The van der Waals surface area contributed by atoms with Crippen LogP contribution >= 0.6 is 0 Å². The summed E-state index contributed by atoms with van der Waals surface area (Å²) in [5, 5.41) is 0. The van der Waals surface area contributed by atoms with Crippen molar-refractivity contribution in [2.75, 3.05) is 29.5 Å². The van der Waals surface area contributed by atoms with E-state index in [1.54, 1.807) is 6.07 Å². The van der Waals surface area contributed by atoms with E-state index in [2.05, 4.69) is 28.7 Å². The van der Waals surface area contributed by atoms with Gasteiger partial charge in [-0.05, 0) is 13.8 Å². The Morgan fingerprint density at radius 2 is 1.85 bits per heavy atom. The molecule has 0 unspecified atom stereocenters. The number of nitrogens with zero attached hydrogens (tertiary/aromatic N) is 3. The molecule has 0 amide bonds. The molecule has 0 saturated heterocycles. The Morgan fingerprint density at radius 1 is 1.23 bits per heavy atom. The van der Waals surface area contributed by atoms with Crippen LogP contribution in [0.5, 0.6) is 0 Å². The minimum atomic E-state index is 0.224. The maximum Gasteiger partial charge on any atom is 0.223 e. The van der Waals surface area contributed by atoms with Crippen LogP contribution in [0.1, 0.15) is 13.8 Å². The Hall–Kier alpha value is -1.52. The monoisotopic (exact) mass is 181 g/mol. The summed E-state index contributed by atoms with van der Waals surface area (Å²) in [6.45, 7) is 5.87. The van der Waals surface area contributed by atoms with E-state index in [1.807, 2.05) is 0 Å². The van der Waals surface area contributed by atoms with Crippen LogP contribution < -0.4 is 16.4 Å². The molecule has 0 saturated carbocycles. The molecule has 0 aliphatic carbocycles. The van der Waals surface area contributed by atoms with Gasteiger partial charge in [0.05, 0.1) is 0 Å². The van der Waals surface area contributed by atoms with Gasteiger partial charge >= 0.3 is 0 Å². The summed E-state index contributed by atoms with van der Waals surface area (Å²) in [5.74, 6) is 1.42. The molecule has 0 atom stereocenters. The third-order valence-corrected chi connectivity index (χ3v) is 1.84. The zero-order valence-electron chi connectivity index (χ0n) is 7.99. The average molecular weight is 181 g/mol. The van der Waals surface area contributed by atoms with Crippen LogP contribution in [-0.2, 0) is 0 Å². The van der Waals surface area contributed by atoms with Crippen LogP contribution in [0, 0.1) is 0 Å². The van der Waals surface area contributed by atoms with E-state index < -0.39 is 0 Å². The van der Waals surface area contributed by atoms with Gasteiger partial charge in [0.2, 0.25) is 5.95 Å². The van der Waals surface area contributed by atoms with Gasteiger partial charge in [0, 0.05) is 19.2 Å². The molecule has 0 aromatic carbocycles. The highest BCUT2D eigenvalue weighted by atomic mass is 15.2. The lowest BCUT2D eigenvalue weighted by Crippen LogP contribution is -2.23. The molecule has 1 aromatic heterocycles. The Morgan fingerprint density at radius 3 is 2.31 bits per heavy atom. The lowest BCUT2D eigenvalue weighted by Gasteiger charge is -2.19. The average Bonchev–Trinajstić information content (AvgIpc) is 2.04. The predicted molar refractivity (Wildman–Crippen MR) is 54.4 cm³/mol. The fourth-order valence-corrected chi connectivity index (χ4v) is 1.18. The highest BCUT2D eigenvalue weighted by Gasteiger charge is 2.05. The summed E-state index contributed by atoms with van der Waals surface area (Å²) in [6.07, 6.45) is 0. The van der Waals surface area contributed by atoms with Gasteiger partial charge in [0.25, 0.3) is 0 Å². The van der Waals surface area contributed by atoms with Crippen molar-refractivity contribution in [2.45, 2.75) is 13.8 Å². The van der Waals surface area contributed by atoms with Crippen LogP contribution in [-0.4, -0.2) is 23.1 Å². The van der Waals surface area contributed by atoms with Crippen molar-refractivity contribution in [2.24, 2.45) is 0 Å². The summed E-state index contributed by atoms with van der Waals surface area (Å²) in [7, 11) is 0. The van der Waals surface area contributed by atoms with Crippen molar-refractivity contribution in [3.8, 4) is 0 Å². The first-order valence-corrected chi connectivity index (χ1v) is 4.32. The highest BCUT2D eigenvalue weighted by Crippen LogP contribution is 2.13. The normalized spacial score (nSPS) is 10.0. The third kappa shape index (κ3) is 2.21. The van der Waals surface area contributed by atoms with E-state index in [9.17, 15) is 0 Å². The zero-order valence-corrected chi connectivity index (χ0v) is 7.99. The Bertz CT molecular complexity index is 262. The number of rotatable bonds is 3. The van der Waals surface area contributed by atoms with Crippen molar-refractivity contribution in [1.29, 1.82) is 0 Å². The molecule has 5 nitrogen and oxygen atoms in total. The number of anilines is 3. The SMILES string of the molecule is CCN(CC)c1cc(N)nc(N)n1. The molecule has 0 spiro atoms. The number of nitrogens with two attached hydrogens (primary N) is 2. The molecule has 5 heteroatoms. The molecular formula is C8H15N5. The van der Waals surface area contributed by atoms with Gasteiger partial charge in [-0.15, -0.1) is 0 Å². The van der Waals surface area contributed by atoms with E-state index in [-0.39, 0.29) is 5.95 Å². The van der Waals surface area contributed by atoms with Crippen LogP contribution in [0.2, 0.25) is 0 Å². The van der Waals surface area contributed by atoms with E-state index in [0.29, 0.717) is 5.82 Å².